The summed E-state index contributed by atoms with van der Waals surface area (Å²) >= 11 is 0. The van der Waals surface area contributed by atoms with E-state index >= 15 is 0 Å². The van der Waals surface area contributed by atoms with Crippen LogP contribution >= 0.6 is 12.4 Å². The Kier molecular flexibility index (Phi) is 3.20. The largest absolute Gasteiger partial charge is 0.508 e. The van der Waals surface area contributed by atoms with Crippen molar-refractivity contribution in [2.45, 2.75) is 31.3 Å². The smallest absolute Gasteiger partial charge is 0.115 e. The average Bonchev–Trinajstić information content (AvgIpc) is 2.43. The van der Waals surface area contributed by atoms with Crippen molar-refractivity contribution in [2.75, 3.05) is 20.5 Å². The maximum atomic E-state index is 11.2. The van der Waals surface area contributed by atoms with Crippen molar-refractivity contribution < 1.29 is 18.4 Å². The van der Waals surface area contributed by atoms with Crippen molar-refractivity contribution in [3.8, 4) is 5.75 Å². The molecule has 1 saturated carbocycles. The summed E-state index contributed by atoms with van der Waals surface area (Å²) < 4.78 is 45.1. The van der Waals surface area contributed by atoms with Crippen LogP contribution in [0.3, 0.4) is 0 Å². The zero-order valence-corrected chi connectivity index (χ0v) is 11.5. The molecule has 2 N–H and O–H groups in total. The molecule has 0 aliphatic heterocycles. The van der Waals surface area contributed by atoms with Crippen molar-refractivity contribution in [1.82, 2.24) is 4.90 Å². The van der Waals surface area contributed by atoms with E-state index in [0.29, 0.717) is 23.3 Å². The van der Waals surface area contributed by atoms with Gasteiger partial charge in [0.25, 0.3) is 0 Å². The standard InChI is InChI=1S/C15H23NO2.ClH/c1-16(2)11-13-6-3-4-9-15(13,18)12-7-5-8-14(17)10-12;/h5,7-8,10,13,17-18H,3-4,6,9,11H2,1-2H3;1H/t13-,15+;/m1./s1/i1D3,2D3;. The van der Waals surface area contributed by atoms with Gasteiger partial charge in [0.15, 0.2) is 0 Å². The third-order valence-electron chi connectivity index (χ3n) is 3.78. The van der Waals surface area contributed by atoms with E-state index in [2.05, 4.69) is 0 Å². The van der Waals surface area contributed by atoms with Crippen LogP contribution in [0, 0.1) is 5.92 Å². The Labute approximate surface area is 130 Å². The van der Waals surface area contributed by atoms with E-state index in [4.69, 9.17) is 8.22 Å². The van der Waals surface area contributed by atoms with Crippen LogP contribution in [0.15, 0.2) is 24.3 Å². The first-order valence-electron chi connectivity index (χ1n) is 9.24. The second kappa shape index (κ2) is 6.60. The first kappa shape index (κ1) is 9.22. The molecule has 0 spiro atoms. The number of aliphatic hydroxyl groups is 1. The van der Waals surface area contributed by atoms with E-state index in [1.807, 2.05) is 0 Å². The molecule has 1 aliphatic rings. The molecule has 3 nitrogen and oxygen atoms in total. The van der Waals surface area contributed by atoms with Gasteiger partial charge in [0.1, 0.15) is 5.75 Å². The molecule has 19 heavy (non-hydrogen) atoms. The first-order chi connectivity index (χ1) is 10.9. The Morgan fingerprint density at radius 1 is 1.42 bits per heavy atom. The van der Waals surface area contributed by atoms with Gasteiger partial charge in [0.2, 0.25) is 0 Å². The minimum atomic E-state index is -2.78. The molecule has 0 saturated heterocycles. The van der Waals surface area contributed by atoms with Gasteiger partial charge >= 0.3 is 0 Å². The summed E-state index contributed by atoms with van der Waals surface area (Å²) in [6.45, 7) is -5.82. The Hall–Kier alpha value is -0.770. The molecule has 0 unspecified atom stereocenters. The molecule has 2 rings (SSSR count). The lowest BCUT2D eigenvalue weighted by atomic mass is 9.71. The van der Waals surface area contributed by atoms with Gasteiger partial charge in [-0.2, -0.15) is 0 Å². The molecule has 1 aliphatic carbocycles. The molecular formula is C15H24ClNO2. The average molecular weight is 292 g/mol. The number of aromatic hydroxyl groups is 1. The fourth-order valence-electron chi connectivity index (χ4n) is 2.85. The molecule has 0 aromatic heterocycles. The summed E-state index contributed by atoms with van der Waals surface area (Å²) in [7, 11) is 0. The Balaban J connectivity index is 0.00000312. The topological polar surface area (TPSA) is 43.7 Å². The molecule has 1 fully saturated rings. The van der Waals surface area contributed by atoms with Crippen molar-refractivity contribution in [3.05, 3.63) is 29.8 Å². The van der Waals surface area contributed by atoms with Crippen LogP contribution in [0.2, 0.25) is 0 Å². The van der Waals surface area contributed by atoms with Gasteiger partial charge in [-0.05, 0) is 44.5 Å². The number of nitrogens with zero attached hydrogens (tertiary/aromatic N) is 1. The van der Waals surface area contributed by atoms with Crippen molar-refractivity contribution >= 4 is 12.4 Å². The van der Waals surface area contributed by atoms with Gasteiger partial charge in [-0.25, -0.2) is 0 Å². The summed E-state index contributed by atoms with van der Waals surface area (Å²) in [5.74, 6) is -0.539. The Bertz CT molecular complexity index is 566. The number of benzene rings is 1. The van der Waals surface area contributed by atoms with Gasteiger partial charge in [-0.1, -0.05) is 25.0 Å². The molecule has 108 valence electrons. The van der Waals surface area contributed by atoms with Gasteiger partial charge in [0, 0.05) is 20.7 Å². The summed E-state index contributed by atoms with van der Waals surface area (Å²) in [6.07, 6.45) is 2.47. The summed E-state index contributed by atoms with van der Waals surface area (Å²) in [5.41, 5.74) is -0.866. The van der Waals surface area contributed by atoms with Crippen LogP contribution in [-0.4, -0.2) is 35.6 Å². The fraction of sp³-hybridized carbons (Fsp3) is 0.600. The Morgan fingerprint density at radius 2 is 2.21 bits per heavy atom. The lowest BCUT2D eigenvalue weighted by molar-refractivity contribution is -0.0619. The van der Waals surface area contributed by atoms with Crippen LogP contribution in [0.4, 0.5) is 0 Å². The second-order valence-electron chi connectivity index (χ2n) is 5.03. The predicted octanol–water partition coefficient (Wildman–Crippen LogP) is 2.75. The number of hydrogen-bond donors (Lipinski definition) is 2. The number of hydrogen-bond acceptors (Lipinski definition) is 3. The number of rotatable bonds is 3. The third kappa shape index (κ3) is 3.62. The number of phenolic OH excluding ortho intramolecular Hbond substituents is 1. The zero-order chi connectivity index (χ0) is 18.2. The predicted molar refractivity (Wildman–Crippen MR) is 79.8 cm³/mol. The van der Waals surface area contributed by atoms with Crippen LogP contribution in [-0.2, 0) is 5.60 Å². The monoisotopic (exact) mass is 291 g/mol. The first-order valence-corrected chi connectivity index (χ1v) is 6.24. The van der Waals surface area contributed by atoms with Crippen LogP contribution in [0.1, 0.15) is 39.5 Å². The molecule has 4 heteroatoms. The highest BCUT2D eigenvalue weighted by molar-refractivity contribution is 5.85. The van der Waals surface area contributed by atoms with Crippen LogP contribution < -0.4 is 0 Å². The highest BCUT2D eigenvalue weighted by Gasteiger charge is 2.40. The lowest BCUT2D eigenvalue weighted by Crippen LogP contribution is -2.43. The fourth-order valence-corrected chi connectivity index (χ4v) is 2.85. The van der Waals surface area contributed by atoms with Gasteiger partial charge < -0.3 is 15.1 Å². The molecule has 1 aromatic carbocycles. The Morgan fingerprint density at radius 3 is 2.89 bits per heavy atom. The highest BCUT2D eigenvalue weighted by Crippen LogP contribution is 2.42. The van der Waals surface area contributed by atoms with Crippen LogP contribution in [0.25, 0.3) is 0 Å². The van der Waals surface area contributed by atoms with E-state index in [1.54, 1.807) is 12.1 Å². The van der Waals surface area contributed by atoms with E-state index in [1.165, 1.54) is 12.1 Å². The molecule has 2 atom stereocenters. The van der Waals surface area contributed by atoms with Gasteiger partial charge in [0.05, 0.1) is 5.60 Å². The summed E-state index contributed by atoms with van der Waals surface area (Å²) in [6, 6.07) is 6.22. The molecule has 1 aromatic rings. The SMILES string of the molecule is Cl.[2H]C([2H])([2H])N(C[C@H]1CCCC[C@]1(O)c1cccc(O)c1)C([2H])([2H])[2H]. The second-order valence-corrected chi connectivity index (χ2v) is 5.03. The lowest BCUT2D eigenvalue weighted by Gasteiger charge is -2.41. The summed E-state index contributed by atoms with van der Waals surface area (Å²) in [4.78, 5) is 0.504. The normalized spacial score (nSPS) is 33.1. The summed E-state index contributed by atoms with van der Waals surface area (Å²) in [5, 5.41) is 20.9. The minimum Gasteiger partial charge on any atom is -0.508 e. The van der Waals surface area contributed by atoms with Crippen molar-refractivity contribution in [3.63, 3.8) is 0 Å². The van der Waals surface area contributed by atoms with E-state index in [-0.39, 0.29) is 24.7 Å². The molecule has 0 bridgehead atoms. The molecule has 0 amide bonds. The van der Waals surface area contributed by atoms with E-state index in [9.17, 15) is 10.2 Å². The van der Waals surface area contributed by atoms with Crippen LogP contribution in [0.5, 0.6) is 5.75 Å². The quantitative estimate of drug-likeness (QED) is 0.900. The molecule has 0 radical (unpaired) electrons. The highest BCUT2D eigenvalue weighted by atomic mass is 35.5. The number of phenols is 1. The van der Waals surface area contributed by atoms with Gasteiger partial charge in [-0.3, -0.25) is 0 Å². The number of halogens is 1. The molecule has 0 heterocycles. The maximum Gasteiger partial charge on any atom is 0.115 e. The maximum absolute atomic E-state index is 11.2. The molecular weight excluding hydrogens is 262 g/mol. The van der Waals surface area contributed by atoms with Crippen molar-refractivity contribution in [1.29, 1.82) is 0 Å². The third-order valence-corrected chi connectivity index (χ3v) is 3.78. The zero-order valence-electron chi connectivity index (χ0n) is 16.7. The van der Waals surface area contributed by atoms with E-state index < -0.39 is 25.5 Å². The van der Waals surface area contributed by atoms with Gasteiger partial charge in [-0.15, -0.1) is 12.4 Å². The van der Waals surface area contributed by atoms with Crippen molar-refractivity contribution in [2.24, 2.45) is 5.92 Å². The van der Waals surface area contributed by atoms with E-state index in [0.717, 1.165) is 12.8 Å². The minimum absolute atomic E-state index is 0.